The van der Waals surface area contributed by atoms with Gasteiger partial charge in [-0.05, 0) is 79.3 Å². The number of benzene rings is 3. The first-order valence-corrected chi connectivity index (χ1v) is 13.9. The van der Waals surface area contributed by atoms with Crippen LogP contribution in [0.2, 0.25) is 0 Å². The van der Waals surface area contributed by atoms with Crippen LogP contribution in [0, 0.1) is 23.5 Å². The molecule has 3 aromatic carbocycles. The molecule has 8 nitrogen and oxygen atoms in total. The van der Waals surface area contributed by atoms with Crippen LogP contribution in [0.15, 0.2) is 90.2 Å². The van der Waals surface area contributed by atoms with Crippen LogP contribution >= 0.6 is 0 Å². The molecule has 2 heterocycles. The summed E-state index contributed by atoms with van der Waals surface area (Å²) in [5.41, 5.74) is 2.25. The van der Waals surface area contributed by atoms with Crippen molar-refractivity contribution in [3.05, 3.63) is 130 Å². The molecule has 5 rings (SSSR count). The van der Waals surface area contributed by atoms with Gasteiger partial charge in [0.05, 0.1) is 6.54 Å². The van der Waals surface area contributed by atoms with E-state index in [0.717, 1.165) is 47.9 Å². The van der Waals surface area contributed by atoms with Crippen LogP contribution in [0.1, 0.15) is 33.5 Å². The Kier molecular flexibility index (Phi) is 9.45. The number of aromatic nitrogens is 1. The second-order valence-electron chi connectivity index (χ2n) is 10.8. The molecule has 232 valence electrons. The average Bonchev–Trinajstić information content (AvgIpc) is 3.53. The second-order valence-corrected chi connectivity index (χ2v) is 10.8. The lowest BCUT2D eigenvalue weighted by molar-refractivity contribution is -0.725. The molecule has 45 heavy (non-hydrogen) atoms. The fourth-order valence-electron chi connectivity index (χ4n) is 4.68. The van der Waals surface area contributed by atoms with Crippen molar-refractivity contribution in [1.29, 1.82) is 0 Å². The number of halogens is 4. The molecular weight excluding hydrogens is 588 g/mol. The zero-order chi connectivity index (χ0) is 32.0. The quantitative estimate of drug-likeness (QED) is 0.143. The highest BCUT2D eigenvalue weighted by atomic mass is 19.3. The molecule has 0 aliphatic carbocycles. The van der Waals surface area contributed by atoms with E-state index >= 15 is 8.78 Å². The molecule has 0 saturated heterocycles. The molecule has 0 amide bonds. The molecule has 1 unspecified atom stereocenters. The van der Waals surface area contributed by atoms with Crippen LogP contribution in [-0.4, -0.2) is 47.0 Å². The minimum absolute atomic E-state index is 0.340. The lowest BCUT2D eigenvalue weighted by atomic mass is 9.84. The van der Waals surface area contributed by atoms with E-state index in [4.69, 9.17) is 4.74 Å². The van der Waals surface area contributed by atoms with Crippen LogP contribution in [-0.2, 0) is 24.7 Å². The Morgan fingerprint density at radius 3 is 2.24 bits per heavy atom. The van der Waals surface area contributed by atoms with E-state index in [1.54, 1.807) is 24.3 Å². The highest BCUT2D eigenvalue weighted by molar-refractivity contribution is 5.54. The van der Waals surface area contributed by atoms with Crippen molar-refractivity contribution in [2.45, 2.75) is 24.7 Å². The molecule has 1 aliphatic rings. The second kappa shape index (κ2) is 13.5. The van der Waals surface area contributed by atoms with Gasteiger partial charge in [0, 0.05) is 35.5 Å². The summed E-state index contributed by atoms with van der Waals surface area (Å²) < 4.78 is 66.1. The average molecular weight is 620 g/mol. The number of nitrogens with one attached hydrogen (secondary N) is 1. The number of hydrogen-bond acceptors (Lipinski definition) is 7. The summed E-state index contributed by atoms with van der Waals surface area (Å²) in [6, 6.07) is 19.7. The van der Waals surface area contributed by atoms with Crippen molar-refractivity contribution >= 4 is 6.34 Å². The van der Waals surface area contributed by atoms with Gasteiger partial charge in [-0.25, -0.2) is 13.8 Å². The molecule has 1 aliphatic heterocycles. The number of β-amino-alcohol motifs (C(OH)–C–C–N with tert-alkyl or cyclic N) is 1. The zero-order valence-corrected chi connectivity index (χ0v) is 24.5. The van der Waals surface area contributed by atoms with Crippen LogP contribution in [0.5, 0.6) is 5.75 Å². The normalized spacial score (nSPS) is 14.3. The van der Waals surface area contributed by atoms with Gasteiger partial charge < -0.3 is 14.7 Å². The zero-order valence-electron chi connectivity index (χ0n) is 24.5. The summed E-state index contributed by atoms with van der Waals surface area (Å²) >= 11 is 0. The maximum atomic E-state index is 15.9. The molecule has 0 bridgehead atoms. The van der Waals surface area contributed by atoms with Gasteiger partial charge in [0.25, 0.3) is 0 Å². The van der Waals surface area contributed by atoms with Gasteiger partial charge in [-0.1, -0.05) is 41.2 Å². The molecule has 0 saturated carbocycles. The van der Waals surface area contributed by atoms with Crippen molar-refractivity contribution in [3.8, 4) is 17.6 Å². The lowest BCUT2D eigenvalue weighted by Crippen LogP contribution is -2.87. The number of ether oxygens (including phenoxy) is 1. The standard InChI is InChI=1S/C33H30F4N6O2/c1-42(2)19-25-5-7-26(8-6-25)20-45-28-13-9-23(10-14-28)3-4-24-11-16-31(38-18-24)33(36,37)32(44,21-43-22-39-40-41-43)29-15-12-27(34)17-30(29)35/h5-18,22,40-41,44H,19-21H2,1-2H3/p+1. The summed E-state index contributed by atoms with van der Waals surface area (Å²) in [5, 5.41) is 16.1. The van der Waals surface area contributed by atoms with E-state index in [1.807, 2.05) is 26.2 Å². The predicted octanol–water partition coefficient (Wildman–Crippen LogP) is 3.62. The number of pyridine rings is 1. The molecular formula is C33H31F4N6O2+. The van der Waals surface area contributed by atoms with Gasteiger partial charge in [-0.15, -0.1) is 5.53 Å². The summed E-state index contributed by atoms with van der Waals surface area (Å²) in [4.78, 5) is 5.95. The monoisotopic (exact) mass is 619 g/mol. The van der Waals surface area contributed by atoms with Gasteiger partial charge in [-0.3, -0.25) is 4.98 Å². The van der Waals surface area contributed by atoms with Gasteiger partial charge >= 0.3 is 5.92 Å². The fourth-order valence-corrected chi connectivity index (χ4v) is 4.68. The molecule has 0 spiro atoms. The molecule has 4 aromatic rings. The smallest absolute Gasteiger partial charge is 0.323 e. The number of hydrogen-bond donors (Lipinski definition) is 3. The van der Waals surface area contributed by atoms with Gasteiger partial charge in [0.2, 0.25) is 0 Å². The van der Waals surface area contributed by atoms with Crippen molar-refractivity contribution in [1.82, 2.24) is 20.4 Å². The van der Waals surface area contributed by atoms with E-state index in [1.165, 1.54) is 17.2 Å². The Bertz CT molecular complexity index is 1700. The fraction of sp³-hybridized carbons (Fsp3) is 0.212. The summed E-state index contributed by atoms with van der Waals surface area (Å²) in [7, 11) is 4.04. The minimum Gasteiger partial charge on any atom is -0.489 e. The Balaban J connectivity index is 1.27. The Labute approximate surface area is 257 Å². The Hall–Kier alpha value is -4.80. The summed E-state index contributed by atoms with van der Waals surface area (Å²) in [6.07, 6.45) is 2.29. The number of hydrazine groups is 1. The Morgan fingerprint density at radius 2 is 1.62 bits per heavy atom. The predicted molar refractivity (Wildman–Crippen MR) is 159 cm³/mol. The molecule has 12 heteroatoms. The number of nitrogens with zero attached hydrogens (tertiary/aromatic N) is 4. The lowest BCUT2D eigenvalue weighted by Gasteiger charge is -2.37. The topological polar surface area (TPSA) is 89.8 Å². The maximum Gasteiger partial charge on any atom is 0.323 e. The van der Waals surface area contributed by atoms with E-state index in [-0.39, 0.29) is 0 Å². The van der Waals surface area contributed by atoms with Crippen molar-refractivity contribution in [3.63, 3.8) is 0 Å². The third kappa shape index (κ3) is 7.47. The molecule has 0 fully saturated rings. The van der Waals surface area contributed by atoms with Crippen LogP contribution < -0.4 is 15.8 Å². The van der Waals surface area contributed by atoms with Crippen LogP contribution in [0.25, 0.3) is 0 Å². The largest absolute Gasteiger partial charge is 0.489 e. The SMILES string of the molecule is CN(C)Cc1ccc(COc2ccc(C#Cc3ccc(C(F)(F)C(O)(CN4C=N[NH2+]N4)c4ccc(F)cc4F)nc3)cc2)cc1. The third-order valence-electron chi connectivity index (χ3n) is 7.02. The number of rotatable bonds is 10. The van der Waals surface area contributed by atoms with Crippen molar-refractivity contribution < 1.29 is 32.9 Å². The van der Waals surface area contributed by atoms with E-state index in [2.05, 4.69) is 44.5 Å². The molecule has 1 aromatic heterocycles. The van der Waals surface area contributed by atoms with Gasteiger partial charge in [0.15, 0.2) is 11.9 Å². The minimum atomic E-state index is -4.11. The third-order valence-corrected chi connectivity index (χ3v) is 7.02. The van der Waals surface area contributed by atoms with E-state index in [0.29, 0.717) is 29.5 Å². The van der Waals surface area contributed by atoms with E-state index < -0.39 is 41.0 Å². The molecule has 1 atom stereocenters. The maximum absolute atomic E-state index is 15.9. The number of aliphatic hydroxyl groups is 1. The molecule has 0 radical (unpaired) electrons. The highest BCUT2D eigenvalue weighted by Crippen LogP contribution is 2.46. The summed E-state index contributed by atoms with van der Waals surface area (Å²) in [6.45, 7) is 0.457. The summed E-state index contributed by atoms with van der Waals surface area (Å²) in [5.74, 6) is 0.0889. The van der Waals surface area contributed by atoms with Crippen molar-refractivity contribution in [2.24, 2.45) is 5.10 Å². The van der Waals surface area contributed by atoms with Gasteiger partial charge in [0.1, 0.15) is 29.7 Å². The van der Waals surface area contributed by atoms with Crippen LogP contribution in [0.4, 0.5) is 17.6 Å². The van der Waals surface area contributed by atoms with Gasteiger partial charge in [-0.2, -0.15) is 8.78 Å². The number of quaternary nitrogens is 1. The molecule has 4 N–H and O–H groups in total. The van der Waals surface area contributed by atoms with Crippen LogP contribution in [0.3, 0.4) is 0 Å². The first-order chi connectivity index (χ1) is 21.5. The first-order valence-electron chi connectivity index (χ1n) is 13.9. The van der Waals surface area contributed by atoms with Crippen molar-refractivity contribution in [2.75, 3.05) is 20.6 Å². The first kappa shape index (κ1) is 31.6. The number of alkyl halides is 2. The highest BCUT2D eigenvalue weighted by Gasteiger charge is 2.58. The number of nitrogens with two attached hydrogens (primary N) is 1. The van der Waals surface area contributed by atoms with E-state index in [9.17, 15) is 13.9 Å². The Morgan fingerprint density at radius 1 is 0.933 bits per heavy atom.